The number of alkyl halides is 6. The molecule has 138 valence electrons. The molecule has 0 spiro atoms. The van der Waals surface area contributed by atoms with Gasteiger partial charge in [0.25, 0.3) is 0 Å². The number of carboxylic acid groups (broad SMARTS) is 2. The summed E-state index contributed by atoms with van der Waals surface area (Å²) >= 11 is 0. The molecule has 0 bridgehead atoms. The van der Waals surface area contributed by atoms with Crippen molar-refractivity contribution in [3.8, 4) is 11.1 Å². The van der Waals surface area contributed by atoms with Crippen molar-refractivity contribution in [3.63, 3.8) is 0 Å². The maximum Gasteiger partial charge on any atom is 0.416 e. The largest absolute Gasteiger partial charge is 0.478 e. The summed E-state index contributed by atoms with van der Waals surface area (Å²) in [6, 6.07) is 3.24. The second kappa shape index (κ2) is 6.36. The van der Waals surface area contributed by atoms with Crippen LogP contribution in [0.2, 0.25) is 0 Å². The fourth-order valence-electron chi connectivity index (χ4n) is 2.21. The highest BCUT2D eigenvalue weighted by Gasteiger charge is 2.37. The first kappa shape index (κ1) is 19.3. The number of rotatable bonds is 3. The summed E-state index contributed by atoms with van der Waals surface area (Å²) in [5, 5.41) is 17.9. The minimum Gasteiger partial charge on any atom is -0.478 e. The van der Waals surface area contributed by atoms with Crippen LogP contribution in [-0.2, 0) is 12.4 Å². The zero-order chi connectivity index (χ0) is 19.9. The molecule has 0 radical (unpaired) electrons. The van der Waals surface area contributed by atoms with Gasteiger partial charge in [-0.05, 0) is 41.5 Å². The molecule has 2 aromatic carbocycles. The van der Waals surface area contributed by atoms with E-state index in [1.54, 1.807) is 0 Å². The standard InChI is InChI=1S/C16H8F6O4/c17-15(18,19)9-3-8(4-10(6-9)16(20,21)22)7-1-2-11(13(23)24)12(5-7)14(25)26/h1-6H,(H,23,24)(H,25,26). The normalized spacial score (nSPS) is 12.1. The maximum absolute atomic E-state index is 12.9. The van der Waals surface area contributed by atoms with Crippen LogP contribution in [0.5, 0.6) is 0 Å². The summed E-state index contributed by atoms with van der Waals surface area (Å²) < 4.78 is 77.3. The predicted octanol–water partition coefficient (Wildman–Crippen LogP) is 4.79. The average molecular weight is 378 g/mol. The van der Waals surface area contributed by atoms with Crippen LogP contribution in [0.4, 0.5) is 26.3 Å². The van der Waals surface area contributed by atoms with Crippen LogP contribution in [0.3, 0.4) is 0 Å². The molecular formula is C16H8F6O4. The van der Waals surface area contributed by atoms with Gasteiger partial charge in [0.2, 0.25) is 0 Å². The van der Waals surface area contributed by atoms with Crippen LogP contribution < -0.4 is 0 Å². The van der Waals surface area contributed by atoms with Gasteiger partial charge in [-0.25, -0.2) is 9.59 Å². The Bertz CT molecular complexity index is 851. The summed E-state index contributed by atoms with van der Waals surface area (Å²) in [5.74, 6) is -3.29. The Morgan fingerprint density at radius 2 is 1.12 bits per heavy atom. The average Bonchev–Trinajstić information content (AvgIpc) is 2.52. The number of carboxylic acids is 2. The van der Waals surface area contributed by atoms with E-state index in [-0.39, 0.29) is 11.6 Å². The van der Waals surface area contributed by atoms with Crippen LogP contribution in [-0.4, -0.2) is 22.2 Å². The summed E-state index contributed by atoms with van der Waals surface area (Å²) in [6.45, 7) is 0. The van der Waals surface area contributed by atoms with Gasteiger partial charge in [-0.1, -0.05) is 6.07 Å². The van der Waals surface area contributed by atoms with Gasteiger partial charge in [0, 0.05) is 0 Å². The van der Waals surface area contributed by atoms with Gasteiger partial charge in [-0.2, -0.15) is 26.3 Å². The molecule has 0 fully saturated rings. The predicted molar refractivity (Wildman–Crippen MR) is 75.8 cm³/mol. The summed E-state index contributed by atoms with van der Waals surface area (Å²) in [6.07, 6.45) is -10.1. The number of carbonyl (C=O) groups is 2. The van der Waals surface area contributed by atoms with Crippen molar-refractivity contribution in [1.82, 2.24) is 0 Å². The maximum atomic E-state index is 12.9. The number of halogens is 6. The smallest absolute Gasteiger partial charge is 0.416 e. The van der Waals surface area contributed by atoms with Gasteiger partial charge in [0.1, 0.15) is 0 Å². The lowest BCUT2D eigenvalue weighted by Crippen LogP contribution is -2.11. The Labute approximate surface area is 141 Å². The zero-order valence-electron chi connectivity index (χ0n) is 12.4. The first-order valence-electron chi connectivity index (χ1n) is 6.71. The molecule has 0 aliphatic heterocycles. The Morgan fingerprint density at radius 3 is 1.50 bits per heavy atom. The lowest BCUT2D eigenvalue weighted by molar-refractivity contribution is -0.143. The van der Waals surface area contributed by atoms with Gasteiger partial charge in [-0.15, -0.1) is 0 Å². The molecule has 2 rings (SSSR count). The quantitative estimate of drug-likeness (QED) is 0.754. The van der Waals surface area contributed by atoms with E-state index in [1.165, 1.54) is 0 Å². The van der Waals surface area contributed by atoms with Crippen LogP contribution in [0.25, 0.3) is 11.1 Å². The Balaban J connectivity index is 2.73. The van der Waals surface area contributed by atoms with Crippen LogP contribution in [0.1, 0.15) is 31.8 Å². The first-order chi connectivity index (χ1) is 11.8. The third-order valence-electron chi connectivity index (χ3n) is 3.40. The second-order valence-electron chi connectivity index (χ2n) is 5.17. The lowest BCUT2D eigenvalue weighted by Gasteiger charge is -2.15. The molecule has 4 nitrogen and oxygen atoms in total. The van der Waals surface area contributed by atoms with E-state index < -0.39 is 52.1 Å². The number of hydrogen-bond acceptors (Lipinski definition) is 2. The second-order valence-corrected chi connectivity index (χ2v) is 5.17. The molecule has 0 aliphatic rings. The van der Waals surface area contributed by atoms with E-state index in [0.717, 1.165) is 12.1 Å². The Hall–Kier alpha value is -3.04. The van der Waals surface area contributed by atoms with Crippen molar-refractivity contribution in [3.05, 3.63) is 58.7 Å². The van der Waals surface area contributed by atoms with Crippen molar-refractivity contribution in [2.45, 2.75) is 12.4 Å². The lowest BCUT2D eigenvalue weighted by atomic mass is 9.95. The molecule has 26 heavy (non-hydrogen) atoms. The fourth-order valence-corrected chi connectivity index (χ4v) is 2.21. The van der Waals surface area contributed by atoms with Gasteiger partial charge in [-0.3, -0.25) is 0 Å². The van der Waals surface area contributed by atoms with Gasteiger partial charge < -0.3 is 10.2 Å². The molecule has 10 heteroatoms. The van der Waals surface area contributed by atoms with Crippen LogP contribution in [0.15, 0.2) is 36.4 Å². The highest BCUT2D eigenvalue weighted by Crippen LogP contribution is 2.38. The van der Waals surface area contributed by atoms with Crippen LogP contribution >= 0.6 is 0 Å². The Kier molecular flexibility index (Phi) is 4.71. The SMILES string of the molecule is O=C(O)c1ccc(-c2cc(C(F)(F)F)cc(C(F)(F)F)c2)cc1C(=O)O. The molecule has 0 saturated carbocycles. The summed E-state index contributed by atoms with van der Waals surface area (Å²) in [7, 11) is 0. The number of aromatic carboxylic acids is 2. The first-order valence-corrected chi connectivity index (χ1v) is 6.71. The summed E-state index contributed by atoms with van der Waals surface area (Å²) in [5.41, 5.74) is -5.40. The molecule has 0 saturated heterocycles. The van der Waals surface area contributed by atoms with E-state index in [9.17, 15) is 35.9 Å². The van der Waals surface area contributed by atoms with Gasteiger partial charge >= 0.3 is 24.3 Å². The third kappa shape index (κ3) is 3.95. The molecule has 0 amide bonds. The molecule has 0 heterocycles. The van der Waals surface area contributed by atoms with Crippen LogP contribution in [0, 0.1) is 0 Å². The highest BCUT2D eigenvalue weighted by molar-refractivity contribution is 6.02. The van der Waals surface area contributed by atoms with E-state index in [4.69, 9.17) is 10.2 Å². The van der Waals surface area contributed by atoms with Gasteiger partial charge in [0.15, 0.2) is 0 Å². The van der Waals surface area contributed by atoms with E-state index in [2.05, 4.69) is 0 Å². The molecule has 2 N–H and O–H groups in total. The minimum atomic E-state index is -5.06. The van der Waals surface area contributed by atoms with Gasteiger partial charge in [0.05, 0.1) is 22.3 Å². The van der Waals surface area contributed by atoms with Crippen molar-refractivity contribution in [2.75, 3.05) is 0 Å². The molecule has 0 atom stereocenters. The molecule has 2 aromatic rings. The zero-order valence-corrected chi connectivity index (χ0v) is 12.4. The van der Waals surface area contributed by atoms with Crippen molar-refractivity contribution in [2.24, 2.45) is 0 Å². The number of benzene rings is 2. The molecule has 0 aliphatic carbocycles. The molecule has 0 unspecified atom stereocenters. The molecule has 0 aromatic heterocycles. The van der Waals surface area contributed by atoms with E-state index in [1.807, 2.05) is 0 Å². The minimum absolute atomic E-state index is 0.0623. The van der Waals surface area contributed by atoms with Crippen molar-refractivity contribution < 1.29 is 46.1 Å². The summed E-state index contributed by atoms with van der Waals surface area (Å²) in [4.78, 5) is 22.1. The monoisotopic (exact) mass is 378 g/mol. The molecular weight excluding hydrogens is 370 g/mol. The van der Waals surface area contributed by atoms with E-state index in [0.29, 0.717) is 18.2 Å². The highest BCUT2D eigenvalue weighted by atomic mass is 19.4. The number of hydrogen-bond donors (Lipinski definition) is 2. The fraction of sp³-hybridized carbons (Fsp3) is 0.125. The topological polar surface area (TPSA) is 74.6 Å². The van der Waals surface area contributed by atoms with Crippen molar-refractivity contribution >= 4 is 11.9 Å². The third-order valence-corrected chi connectivity index (χ3v) is 3.40. The van der Waals surface area contributed by atoms with E-state index >= 15 is 0 Å². The van der Waals surface area contributed by atoms with Crippen molar-refractivity contribution in [1.29, 1.82) is 0 Å². The Morgan fingerprint density at radius 1 is 0.654 bits per heavy atom.